The van der Waals surface area contributed by atoms with Crippen LogP contribution in [0.3, 0.4) is 0 Å². The van der Waals surface area contributed by atoms with E-state index in [-0.39, 0.29) is 42.0 Å². The van der Waals surface area contributed by atoms with E-state index in [0.29, 0.717) is 12.1 Å². The van der Waals surface area contributed by atoms with Gasteiger partial charge >= 0.3 is 12.4 Å². The van der Waals surface area contributed by atoms with Crippen LogP contribution in [0.4, 0.5) is 32.0 Å². The molecule has 0 aliphatic carbocycles. The molecule has 0 atom stereocenters. The van der Waals surface area contributed by atoms with Crippen molar-refractivity contribution in [3.63, 3.8) is 0 Å². The molecule has 10 heteroatoms. The molecule has 1 aliphatic rings. The Labute approximate surface area is 160 Å². The van der Waals surface area contributed by atoms with E-state index in [0.717, 1.165) is 4.90 Å². The second-order valence-corrected chi connectivity index (χ2v) is 6.34. The van der Waals surface area contributed by atoms with Crippen molar-refractivity contribution in [3.05, 3.63) is 58.7 Å². The second kappa shape index (κ2) is 7.09. The number of fused-ring (bicyclic) bond motifs is 1. The monoisotopic (exact) mass is 417 g/mol. The first kappa shape index (κ1) is 20.7. The predicted octanol–water partition coefficient (Wildman–Crippen LogP) is 4.97. The lowest BCUT2D eigenvalue weighted by Crippen LogP contribution is -2.38. The van der Waals surface area contributed by atoms with E-state index < -0.39 is 35.0 Å². The number of nitrogens with zero attached hydrogens (tertiary/aromatic N) is 1. The van der Waals surface area contributed by atoms with E-state index in [9.17, 15) is 35.9 Å². The molecular formula is C19H13F6NO3. The van der Waals surface area contributed by atoms with Crippen LogP contribution in [-0.2, 0) is 12.4 Å². The van der Waals surface area contributed by atoms with E-state index >= 15 is 0 Å². The van der Waals surface area contributed by atoms with Crippen LogP contribution in [0.2, 0.25) is 0 Å². The lowest BCUT2D eigenvalue weighted by atomic mass is 10.0. The van der Waals surface area contributed by atoms with Crippen LogP contribution in [0.5, 0.6) is 5.75 Å². The highest BCUT2D eigenvalue weighted by Crippen LogP contribution is 2.38. The molecule has 0 saturated carbocycles. The Morgan fingerprint density at radius 3 is 2.00 bits per heavy atom. The normalized spacial score (nSPS) is 14.2. The Bertz CT molecular complexity index is 949. The first-order valence-corrected chi connectivity index (χ1v) is 8.27. The maximum atomic E-state index is 13.1. The molecule has 1 aliphatic heterocycles. The number of carbonyl (C=O) groups is 2. The molecule has 3 rings (SSSR count). The van der Waals surface area contributed by atoms with Crippen LogP contribution in [0, 0.1) is 0 Å². The quantitative estimate of drug-likeness (QED) is 0.512. The van der Waals surface area contributed by atoms with Gasteiger partial charge in [0.2, 0.25) is 0 Å². The Balaban J connectivity index is 2.10. The summed E-state index contributed by atoms with van der Waals surface area (Å²) in [6, 6.07) is 4.88. The van der Waals surface area contributed by atoms with Crippen LogP contribution in [0.1, 0.15) is 38.8 Å². The van der Waals surface area contributed by atoms with Crippen LogP contribution in [0.25, 0.3) is 0 Å². The third-order valence-corrected chi connectivity index (χ3v) is 4.31. The molecule has 0 aromatic heterocycles. The highest BCUT2D eigenvalue weighted by molar-refractivity contribution is 6.08. The number of hydrogen-bond donors (Lipinski definition) is 0. The fourth-order valence-corrected chi connectivity index (χ4v) is 2.88. The van der Waals surface area contributed by atoms with E-state index in [1.54, 1.807) is 0 Å². The summed E-state index contributed by atoms with van der Waals surface area (Å²) in [6.07, 6.45) is -10.1. The maximum Gasteiger partial charge on any atom is 0.416 e. The molecule has 4 nitrogen and oxygen atoms in total. The number of amides is 1. The zero-order valence-corrected chi connectivity index (χ0v) is 14.8. The fourth-order valence-electron chi connectivity index (χ4n) is 2.88. The number of ketones is 1. The summed E-state index contributed by atoms with van der Waals surface area (Å²) in [5.41, 5.74) is -3.62. The van der Waals surface area contributed by atoms with Gasteiger partial charge in [0.15, 0.2) is 5.78 Å². The summed E-state index contributed by atoms with van der Waals surface area (Å²) >= 11 is 0. The molecule has 0 fully saturated rings. The standard InChI is InChI=1S/C19H13F6NO3/c1-10(27)11-2-3-16-15(8-11)26(4-5-29-16)17(28)12-6-13(18(20,21)22)9-14(7-12)19(23,24)25/h2-3,6-9H,4-5H2,1H3. The first-order valence-electron chi connectivity index (χ1n) is 8.27. The van der Waals surface area contributed by atoms with Crippen molar-refractivity contribution < 1.29 is 40.7 Å². The lowest BCUT2D eigenvalue weighted by molar-refractivity contribution is -0.143. The Morgan fingerprint density at radius 1 is 0.897 bits per heavy atom. The number of rotatable bonds is 2. The van der Waals surface area contributed by atoms with Crippen molar-refractivity contribution in [1.29, 1.82) is 0 Å². The van der Waals surface area contributed by atoms with Gasteiger partial charge in [-0.15, -0.1) is 0 Å². The molecule has 0 bridgehead atoms. The molecule has 2 aromatic rings. The minimum Gasteiger partial charge on any atom is -0.490 e. The van der Waals surface area contributed by atoms with E-state index in [4.69, 9.17) is 4.74 Å². The molecule has 0 spiro atoms. The van der Waals surface area contributed by atoms with Crippen LogP contribution >= 0.6 is 0 Å². The zero-order chi connectivity index (χ0) is 21.6. The topological polar surface area (TPSA) is 46.6 Å². The van der Waals surface area contributed by atoms with Crippen molar-refractivity contribution in [2.45, 2.75) is 19.3 Å². The second-order valence-electron chi connectivity index (χ2n) is 6.34. The zero-order valence-electron chi connectivity index (χ0n) is 14.8. The first-order chi connectivity index (χ1) is 13.4. The highest BCUT2D eigenvalue weighted by Gasteiger charge is 2.38. The van der Waals surface area contributed by atoms with Crippen LogP contribution in [-0.4, -0.2) is 24.8 Å². The third-order valence-electron chi connectivity index (χ3n) is 4.31. The van der Waals surface area contributed by atoms with Gasteiger partial charge in [0.05, 0.1) is 23.4 Å². The van der Waals surface area contributed by atoms with Gasteiger partial charge in [-0.05, 0) is 43.3 Å². The van der Waals surface area contributed by atoms with Crippen molar-refractivity contribution in [2.24, 2.45) is 0 Å². The molecule has 154 valence electrons. The fraction of sp³-hybridized carbons (Fsp3) is 0.263. The van der Waals surface area contributed by atoms with Crippen molar-refractivity contribution in [2.75, 3.05) is 18.1 Å². The number of anilines is 1. The number of hydrogen-bond acceptors (Lipinski definition) is 3. The van der Waals surface area contributed by atoms with Gasteiger partial charge in [-0.2, -0.15) is 26.3 Å². The molecule has 1 amide bonds. The number of halogens is 6. The smallest absolute Gasteiger partial charge is 0.416 e. The van der Waals surface area contributed by atoms with Gasteiger partial charge in [-0.25, -0.2) is 0 Å². The number of ether oxygens (including phenoxy) is 1. The van der Waals surface area contributed by atoms with Crippen LogP contribution < -0.4 is 9.64 Å². The SMILES string of the molecule is CC(=O)c1ccc2c(c1)N(C(=O)c1cc(C(F)(F)F)cc(C(F)(F)F)c1)CCO2. The highest BCUT2D eigenvalue weighted by atomic mass is 19.4. The summed E-state index contributed by atoms with van der Waals surface area (Å²) < 4.78 is 83.8. The summed E-state index contributed by atoms with van der Waals surface area (Å²) in [5, 5.41) is 0. The van der Waals surface area contributed by atoms with Gasteiger partial charge in [0.25, 0.3) is 5.91 Å². The summed E-state index contributed by atoms with van der Waals surface area (Å²) in [4.78, 5) is 25.4. The van der Waals surface area contributed by atoms with Crippen molar-refractivity contribution >= 4 is 17.4 Å². The van der Waals surface area contributed by atoms with Gasteiger partial charge in [0, 0.05) is 11.1 Å². The molecule has 1 heterocycles. The van der Waals surface area contributed by atoms with E-state index in [1.165, 1.54) is 25.1 Å². The lowest BCUT2D eigenvalue weighted by Gasteiger charge is -2.30. The Morgan fingerprint density at radius 2 is 1.48 bits per heavy atom. The molecule has 0 saturated heterocycles. The minimum absolute atomic E-state index is 0.0107. The number of carbonyl (C=O) groups excluding carboxylic acids is 2. The molecule has 0 radical (unpaired) electrons. The molecular weight excluding hydrogens is 404 g/mol. The largest absolute Gasteiger partial charge is 0.490 e. The van der Waals surface area contributed by atoms with Gasteiger partial charge < -0.3 is 9.64 Å². The Kier molecular flexibility index (Phi) is 5.06. The number of Topliss-reactive ketones (excluding diaryl/α,β-unsaturated/α-hetero) is 1. The van der Waals surface area contributed by atoms with Crippen molar-refractivity contribution in [3.8, 4) is 5.75 Å². The molecule has 0 N–H and O–H groups in total. The van der Waals surface area contributed by atoms with Gasteiger partial charge in [0.1, 0.15) is 12.4 Å². The predicted molar refractivity (Wildman–Crippen MR) is 90.1 cm³/mol. The number of benzene rings is 2. The van der Waals surface area contributed by atoms with E-state index in [2.05, 4.69) is 0 Å². The van der Waals surface area contributed by atoms with Crippen LogP contribution in [0.15, 0.2) is 36.4 Å². The molecule has 2 aromatic carbocycles. The third kappa shape index (κ3) is 4.20. The van der Waals surface area contributed by atoms with Gasteiger partial charge in [-0.1, -0.05) is 0 Å². The summed E-state index contributed by atoms with van der Waals surface area (Å²) in [5.74, 6) is -1.20. The van der Waals surface area contributed by atoms with E-state index in [1.807, 2.05) is 0 Å². The minimum atomic E-state index is -5.07. The van der Waals surface area contributed by atoms with Gasteiger partial charge in [-0.3, -0.25) is 9.59 Å². The average Bonchev–Trinajstić information content (AvgIpc) is 2.64. The maximum absolute atomic E-state index is 13.1. The summed E-state index contributed by atoms with van der Waals surface area (Å²) in [7, 11) is 0. The van der Waals surface area contributed by atoms with Crippen molar-refractivity contribution in [1.82, 2.24) is 0 Å². The average molecular weight is 417 g/mol. The molecule has 0 unspecified atom stereocenters. The summed E-state index contributed by atoms with van der Waals surface area (Å²) in [6.45, 7) is 1.16. The molecule has 29 heavy (non-hydrogen) atoms. The Hall–Kier alpha value is -3.04. The number of alkyl halides is 6.